The number of rotatable bonds is 3. The lowest BCUT2D eigenvalue weighted by molar-refractivity contribution is -0.385. The molecule has 0 aliphatic heterocycles. The molecule has 0 aliphatic carbocycles. The molecule has 0 unspecified atom stereocenters. The van der Waals surface area contributed by atoms with Gasteiger partial charge in [-0.3, -0.25) is 14.9 Å². The number of halogens is 2. The minimum absolute atomic E-state index is 0.0359. The predicted octanol–water partition coefficient (Wildman–Crippen LogP) is 4.26. The Morgan fingerprint density at radius 1 is 1.20 bits per heavy atom. The SMILES string of the molecule is O=C(Nc1ccc(Br)cc1)c1c(Cl)cccc1[N+](=O)[O-]. The summed E-state index contributed by atoms with van der Waals surface area (Å²) in [5.41, 5.74) is 0.0432. The lowest BCUT2D eigenvalue weighted by atomic mass is 10.1. The number of nitro benzene ring substituents is 1. The number of benzene rings is 2. The van der Waals surface area contributed by atoms with Crippen molar-refractivity contribution in [1.29, 1.82) is 0 Å². The summed E-state index contributed by atoms with van der Waals surface area (Å²) in [6, 6.07) is 10.9. The third-order valence-corrected chi connectivity index (χ3v) is 3.36. The van der Waals surface area contributed by atoms with E-state index in [2.05, 4.69) is 21.2 Å². The van der Waals surface area contributed by atoms with Crippen molar-refractivity contribution in [2.75, 3.05) is 5.32 Å². The number of hydrogen-bond donors (Lipinski definition) is 1. The smallest absolute Gasteiger partial charge is 0.283 e. The number of carbonyl (C=O) groups excluding carboxylic acids is 1. The standard InChI is InChI=1S/C13H8BrClN2O3/c14-8-4-6-9(7-5-8)16-13(18)12-10(15)2-1-3-11(12)17(19)20/h1-7H,(H,16,18). The van der Waals surface area contributed by atoms with E-state index in [9.17, 15) is 14.9 Å². The van der Waals surface area contributed by atoms with Crippen molar-refractivity contribution in [3.05, 3.63) is 67.6 Å². The first-order chi connectivity index (χ1) is 9.49. The molecule has 7 heteroatoms. The summed E-state index contributed by atoms with van der Waals surface area (Å²) in [6.07, 6.45) is 0. The van der Waals surface area contributed by atoms with Crippen LogP contribution in [0.3, 0.4) is 0 Å². The molecule has 0 aliphatic rings. The van der Waals surface area contributed by atoms with Crippen LogP contribution < -0.4 is 5.32 Å². The van der Waals surface area contributed by atoms with Gasteiger partial charge in [-0.2, -0.15) is 0 Å². The summed E-state index contributed by atoms with van der Waals surface area (Å²) in [7, 11) is 0. The zero-order valence-corrected chi connectivity index (χ0v) is 12.3. The molecule has 2 rings (SSSR count). The second kappa shape index (κ2) is 6.02. The largest absolute Gasteiger partial charge is 0.322 e. The number of nitrogens with one attached hydrogen (secondary N) is 1. The van der Waals surface area contributed by atoms with Gasteiger partial charge in [0, 0.05) is 16.2 Å². The summed E-state index contributed by atoms with van der Waals surface area (Å²) < 4.78 is 0.860. The van der Waals surface area contributed by atoms with E-state index >= 15 is 0 Å². The third kappa shape index (κ3) is 3.15. The summed E-state index contributed by atoms with van der Waals surface area (Å²) in [5, 5.41) is 13.5. The van der Waals surface area contributed by atoms with Crippen molar-refractivity contribution in [3.63, 3.8) is 0 Å². The summed E-state index contributed by atoms with van der Waals surface area (Å²) in [6.45, 7) is 0. The Kier molecular flexibility index (Phi) is 4.36. The molecule has 1 N–H and O–H groups in total. The maximum absolute atomic E-state index is 12.1. The van der Waals surface area contributed by atoms with Crippen molar-refractivity contribution in [2.45, 2.75) is 0 Å². The van der Waals surface area contributed by atoms with Crippen molar-refractivity contribution in [1.82, 2.24) is 0 Å². The molecule has 2 aromatic carbocycles. The Labute approximate surface area is 127 Å². The predicted molar refractivity (Wildman–Crippen MR) is 80.2 cm³/mol. The van der Waals surface area contributed by atoms with Crippen LogP contribution in [0.2, 0.25) is 5.02 Å². The highest BCUT2D eigenvalue weighted by Crippen LogP contribution is 2.27. The van der Waals surface area contributed by atoms with Crippen LogP contribution in [0.4, 0.5) is 11.4 Å². The quantitative estimate of drug-likeness (QED) is 0.660. The molecule has 1 amide bonds. The Balaban J connectivity index is 2.34. The zero-order valence-electron chi connectivity index (χ0n) is 9.97. The van der Waals surface area contributed by atoms with Gasteiger partial charge in [0.1, 0.15) is 5.56 Å². The van der Waals surface area contributed by atoms with Gasteiger partial charge in [-0.15, -0.1) is 0 Å². The van der Waals surface area contributed by atoms with Gasteiger partial charge in [-0.05, 0) is 30.3 Å². The molecule has 0 fully saturated rings. The molecule has 0 radical (unpaired) electrons. The molecule has 0 heterocycles. The minimum atomic E-state index is -0.637. The van der Waals surface area contributed by atoms with Crippen molar-refractivity contribution < 1.29 is 9.72 Å². The van der Waals surface area contributed by atoms with E-state index in [1.165, 1.54) is 18.2 Å². The van der Waals surface area contributed by atoms with E-state index in [4.69, 9.17) is 11.6 Å². The Morgan fingerprint density at radius 3 is 2.45 bits per heavy atom. The van der Waals surface area contributed by atoms with E-state index in [0.29, 0.717) is 5.69 Å². The molecule has 0 aromatic heterocycles. The monoisotopic (exact) mass is 354 g/mol. The van der Waals surface area contributed by atoms with Gasteiger partial charge >= 0.3 is 0 Å². The average molecular weight is 356 g/mol. The first-order valence-electron chi connectivity index (χ1n) is 5.49. The van der Waals surface area contributed by atoms with Crippen molar-refractivity contribution in [2.24, 2.45) is 0 Å². The Morgan fingerprint density at radius 2 is 1.85 bits per heavy atom. The number of nitro groups is 1. The zero-order chi connectivity index (χ0) is 14.7. The van der Waals surface area contributed by atoms with Crippen LogP contribution in [0.25, 0.3) is 0 Å². The molecule has 5 nitrogen and oxygen atoms in total. The highest BCUT2D eigenvalue weighted by atomic mass is 79.9. The van der Waals surface area contributed by atoms with Crippen LogP contribution in [0, 0.1) is 10.1 Å². The summed E-state index contributed by atoms with van der Waals surface area (Å²) >= 11 is 9.16. The first-order valence-corrected chi connectivity index (χ1v) is 6.66. The van der Waals surface area contributed by atoms with Gasteiger partial charge in [0.05, 0.1) is 9.95 Å². The number of hydrogen-bond acceptors (Lipinski definition) is 3. The van der Waals surface area contributed by atoms with Gasteiger partial charge in [0.25, 0.3) is 11.6 Å². The molecule has 0 atom stereocenters. The molecule has 20 heavy (non-hydrogen) atoms. The molecule has 0 spiro atoms. The van der Waals surface area contributed by atoms with Crippen LogP contribution in [0.1, 0.15) is 10.4 Å². The Hall–Kier alpha value is -1.92. The molecular formula is C13H8BrClN2O3. The number of carbonyl (C=O) groups is 1. The van der Waals surface area contributed by atoms with Gasteiger partial charge < -0.3 is 5.32 Å². The van der Waals surface area contributed by atoms with E-state index in [1.807, 2.05) is 0 Å². The normalized spacial score (nSPS) is 10.1. The van der Waals surface area contributed by atoms with Gasteiger partial charge in [-0.1, -0.05) is 33.6 Å². The van der Waals surface area contributed by atoms with E-state index in [1.54, 1.807) is 24.3 Å². The van der Waals surface area contributed by atoms with E-state index < -0.39 is 10.8 Å². The Bertz CT molecular complexity index is 674. The second-order valence-corrected chi connectivity index (χ2v) is 5.17. The number of anilines is 1. The lowest BCUT2D eigenvalue weighted by Gasteiger charge is -2.07. The highest BCUT2D eigenvalue weighted by Gasteiger charge is 2.23. The van der Waals surface area contributed by atoms with E-state index in [0.717, 1.165) is 4.47 Å². The highest BCUT2D eigenvalue weighted by molar-refractivity contribution is 9.10. The van der Waals surface area contributed by atoms with Crippen molar-refractivity contribution in [3.8, 4) is 0 Å². The molecular weight excluding hydrogens is 348 g/mol. The summed E-state index contributed by atoms with van der Waals surface area (Å²) in [4.78, 5) is 22.4. The average Bonchev–Trinajstić information content (AvgIpc) is 2.40. The van der Waals surface area contributed by atoms with Crippen molar-refractivity contribution >= 4 is 44.8 Å². The number of amides is 1. The molecule has 0 saturated heterocycles. The van der Waals surface area contributed by atoms with Crippen LogP contribution in [0.15, 0.2) is 46.9 Å². The maximum atomic E-state index is 12.1. The van der Waals surface area contributed by atoms with Crippen LogP contribution >= 0.6 is 27.5 Å². The fourth-order valence-corrected chi connectivity index (χ4v) is 2.14. The lowest BCUT2D eigenvalue weighted by Crippen LogP contribution is -2.14. The van der Waals surface area contributed by atoms with Gasteiger partial charge in [-0.25, -0.2) is 0 Å². The molecule has 2 aromatic rings. The van der Waals surface area contributed by atoms with Gasteiger partial charge in [0.2, 0.25) is 0 Å². The second-order valence-electron chi connectivity index (χ2n) is 3.85. The summed E-state index contributed by atoms with van der Waals surface area (Å²) in [5.74, 6) is -0.621. The molecule has 0 bridgehead atoms. The van der Waals surface area contributed by atoms with Crippen LogP contribution in [-0.2, 0) is 0 Å². The fraction of sp³-hybridized carbons (Fsp3) is 0. The number of nitrogens with zero attached hydrogens (tertiary/aromatic N) is 1. The topological polar surface area (TPSA) is 72.2 Å². The molecule has 0 saturated carbocycles. The van der Waals surface area contributed by atoms with Gasteiger partial charge in [0.15, 0.2) is 0 Å². The third-order valence-electron chi connectivity index (χ3n) is 2.52. The minimum Gasteiger partial charge on any atom is -0.322 e. The maximum Gasteiger partial charge on any atom is 0.283 e. The fourth-order valence-electron chi connectivity index (χ4n) is 1.62. The molecule has 102 valence electrons. The van der Waals surface area contributed by atoms with E-state index in [-0.39, 0.29) is 16.3 Å². The van der Waals surface area contributed by atoms with Crippen LogP contribution in [0.5, 0.6) is 0 Å². The van der Waals surface area contributed by atoms with Crippen LogP contribution in [-0.4, -0.2) is 10.8 Å². The first kappa shape index (κ1) is 14.5.